The molecule has 0 heterocycles. The number of hydrogen-bond donors (Lipinski definition) is 2. The zero-order valence-electron chi connectivity index (χ0n) is 8.12. The molecule has 0 aliphatic heterocycles. The topological polar surface area (TPSA) is 46.2 Å². The van der Waals surface area contributed by atoms with Crippen LogP contribution in [0.2, 0.25) is 0 Å². The van der Waals surface area contributed by atoms with Crippen LogP contribution in [0.4, 0.5) is 0 Å². The van der Waals surface area contributed by atoms with Gasteiger partial charge < -0.3 is 10.8 Å². The van der Waals surface area contributed by atoms with Crippen molar-refractivity contribution in [3.05, 3.63) is 32.7 Å². The summed E-state index contributed by atoms with van der Waals surface area (Å²) < 4.78 is 2.03. The van der Waals surface area contributed by atoms with Crippen LogP contribution in [0, 0.1) is 0 Å². The van der Waals surface area contributed by atoms with Crippen LogP contribution in [-0.2, 0) is 0 Å². The molecule has 15 heavy (non-hydrogen) atoms. The van der Waals surface area contributed by atoms with Crippen molar-refractivity contribution in [1.82, 2.24) is 0 Å². The Kier molecular flexibility index (Phi) is 7.83. The molecule has 1 aromatic carbocycles. The number of benzene rings is 1. The fraction of sp³-hybridized carbons (Fsp3) is 0.400. The normalized spacial score (nSPS) is 12.0. The highest BCUT2D eigenvalue weighted by Crippen LogP contribution is 2.27. The van der Waals surface area contributed by atoms with Crippen molar-refractivity contribution in [3.8, 4) is 0 Å². The van der Waals surface area contributed by atoms with Gasteiger partial charge in [-0.25, -0.2) is 0 Å². The molecule has 86 valence electrons. The molecule has 3 N–H and O–H groups in total. The van der Waals surface area contributed by atoms with E-state index in [2.05, 4.69) is 31.9 Å². The maximum absolute atomic E-state index is 8.69. The van der Waals surface area contributed by atoms with Crippen molar-refractivity contribution >= 4 is 44.3 Å². The van der Waals surface area contributed by atoms with Gasteiger partial charge in [-0.15, -0.1) is 12.4 Å². The van der Waals surface area contributed by atoms with Crippen LogP contribution in [0.3, 0.4) is 0 Å². The lowest BCUT2D eigenvalue weighted by atomic mass is 10.0. The molecule has 0 fully saturated rings. The lowest BCUT2D eigenvalue weighted by Crippen LogP contribution is -2.10. The highest BCUT2D eigenvalue weighted by Gasteiger charge is 2.06. The minimum absolute atomic E-state index is 0. The summed E-state index contributed by atoms with van der Waals surface area (Å²) in [7, 11) is 0. The van der Waals surface area contributed by atoms with Crippen molar-refractivity contribution in [2.24, 2.45) is 5.73 Å². The standard InChI is InChI=1S/C10H13Br2NO.ClH/c11-8-4-3-7(6-9(8)12)10(13)2-1-5-14;/h3-4,6,10,14H,1-2,5,13H2;1H/t10-;/m0./s1. The van der Waals surface area contributed by atoms with Crippen LogP contribution in [0.1, 0.15) is 24.4 Å². The van der Waals surface area contributed by atoms with Gasteiger partial charge in [0, 0.05) is 21.6 Å². The van der Waals surface area contributed by atoms with Gasteiger partial charge in [0.15, 0.2) is 0 Å². The van der Waals surface area contributed by atoms with Crippen LogP contribution in [0.15, 0.2) is 27.1 Å². The number of rotatable bonds is 4. The number of nitrogens with two attached hydrogens (primary N) is 1. The monoisotopic (exact) mass is 357 g/mol. The second-order valence-electron chi connectivity index (χ2n) is 3.15. The highest BCUT2D eigenvalue weighted by molar-refractivity contribution is 9.13. The number of aliphatic hydroxyl groups is 1. The minimum Gasteiger partial charge on any atom is -0.396 e. The largest absolute Gasteiger partial charge is 0.396 e. The Balaban J connectivity index is 0.00000196. The summed E-state index contributed by atoms with van der Waals surface area (Å²) >= 11 is 6.83. The lowest BCUT2D eigenvalue weighted by Gasteiger charge is -2.11. The molecule has 1 rings (SSSR count). The summed E-state index contributed by atoms with van der Waals surface area (Å²) in [5.41, 5.74) is 7.04. The second kappa shape index (κ2) is 7.63. The third-order valence-electron chi connectivity index (χ3n) is 2.05. The SMILES string of the molecule is Cl.N[C@@H](CCCO)c1ccc(Br)c(Br)c1. The van der Waals surface area contributed by atoms with E-state index >= 15 is 0 Å². The van der Waals surface area contributed by atoms with E-state index in [-0.39, 0.29) is 25.1 Å². The van der Waals surface area contributed by atoms with Crippen molar-refractivity contribution in [1.29, 1.82) is 0 Å². The Hall–Kier alpha value is 0.390. The van der Waals surface area contributed by atoms with E-state index in [0.29, 0.717) is 0 Å². The first-order chi connectivity index (χ1) is 6.65. The first-order valence-electron chi connectivity index (χ1n) is 4.46. The molecular weight excluding hydrogens is 345 g/mol. The van der Waals surface area contributed by atoms with Gasteiger partial charge in [-0.2, -0.15) is 0 Å². The predicted octanol–water partition coefficient (Wildman–Crippen LogP) is 3.41. The van der Waals surface area contributed by atoms with Crippen molar-refractivity contribution in [2.45, 2.75) is 18.9 Å². The average Bonchev–Trinajstić information content (AvgIpc) is 2.18. The van der Waals surface area contributed by atoms with E-state index in [4.69, 9.17) is 10.8 Å². The highest BCUT2D eigenvalue weighted by atomic mass is 79.9. The third-order valence-corrected chi connectivity index (χ3v) is 3.92. The molecule has 0 saturated heterocycles. The lowest BCUT2D eigenvalue weighted by molar-refractivity contribution is 0.280. The molecule has 0 spiro atoms. The minimum atomic E-state index is 0. The molecule has 0 unspecified atom stereocenters. The van der Waals surface area contributed by atoms with E-state index in [9.17, 15) is 0 Å². The van der Waals surface area contributed by atoms with Gasteiger partial charge in [0.25, 0.3) is 0 Å². The Labute approximate surface area is 113 Å². The van der Waals surface area contributed by atoms with Gasteiger partial charge in [-0.05, 0) is 62.4 Å². The Morgan fingerprint density at radius 1 is 1.27 bits per heavy atom. The first kappa shape index (κ1) is 15.4. The zero-order valence-corrected chi connectivity index (χ0v) is 12.1. The van der Waals surface area contributed by atoms with Crippen molar-refractivity contribution in [2.75, 3.05) is 6.61 Å². The molecule has 0 bridgehead atoms. The summed E-state index contributed by atoms with van der Waals surface area (Å²) in [6.45, 7) is 0.200. The Morgan fingerprint density at radius 3 is 2.47 bits per heavy atom. The Bertz CT molecular complexity index is 309. The smallest absolute Gasteiger partial charge is 0.0431 e. The predicted molar refractivity (Wildman–Crippen MR) is 72.3 cm³/mol. The molecular formula is C10H14Br2ClNO. The quantitative estimate of drug-likeness (QED) is 0.865. The molecule has 1 aromatic rings. The Morgan fingerprint density at radius 2 is 1.93 bits per heavy atom. The summed E-state index contributed by atoms with van der Waals surface area (Å²) in [6.07, 6.45) is 1.55. The van der Waals surface area contributed by atoms with E-state index in [1.807, 2.05) is 18.2 Å². The van der Waals surface area contributed by atoms with Crippen LogP contribution >= 0.6 is 44.3 Å². The van der Waals surface area contributed by atoms with E-state index in [1.165, 1.54) is 0 Å². The molecule has 0 amide bonds. The molecule has 1 atom stereocenters. The van der Waals surface area contributed by atoms with E-state index in [1.54, 1.807) is 0 Å². The molecule has 0 aliphatic carbocycles. The average molecular weight is 359 g/mol. The van der Waals surface area contributed by atoms with E-state index < -0.39 is 0 Å². The van der Waals surface area contributed by atoms with Crippen LogP contribution in [-0.4, -0.2) is 11.7 Å². The van der Waals surface area contributed by atoms with Crippen LogP contribution < -0.4 is 5.73 Å². The summed E-state index contributed by atoms with van der Waals surface area (Å²) in [5, 5.41) is 8.69. The van der Waals surface area contributed by atoms with E-state index in [0.717, 1.165) is 27.4 Å². The fourth-order valence-electron chi connectivity index (χ4n) is 1.22. The molecule has 0 saturated carbocycles. The fourth-order valence-corrected chi connectivity index (χ4v) is 1.86. The third kappa shape index (κ3) is 4.83. The zero-order chi connectivity index (χ0) is 10.6. The van der Waals surface area contributed by atoms with Gasteiger partial charge >= 0.3 is 0 Å². The van der Waals surface area contributed by atoms with Gasteiger partial charge in [0.05, 0.1) is 0 Å². The van der Waals surface area contributed by atoms with Crippen molar-refractivity contribution < 1.29 is 5.11 Å². The molecule has 0 aromatic heterocycles. The number of halogens is 3. The summed E-state index contributed by atoms with van der Waals surface area (Å²) in [4.78, 5) is 0. The number of aliphatic hydroxyl groups excluding tert-OH is 1. The first-order valence-corrected chi connectivity index (χ1v) is 6.05. The maximum Gasteiger partial charge on any atom is 0.0431 e. The molecule has 0 radical (unpaired) electrons. The number of hydrogen-bond acceptors (Lipinski definition) is 2. The van der Waals surface area contributed by atoms with Crippen molar-refractivity contribution in [3.63, 3.8) is 0 Å². The van der Waals surface area contributed by atoms with Gasteiger partial charge in [-0.1, -0.05) is 6.07 Å². The molecule has 0 aliphatic rings. The second-order valence-corrected chi connectivity index (χ2v) is 4.85. The van der Waals surface area contributed by atoms with Gasteiger partial charge in [0.2, 0.25) is 0 Å². The maximum atomic E-state index is 8.69. The van der Waals surface area contributed by atoms with Gasteiger partial charge in [-0.3, -0.25) is 0 Å². The van der Waals surface area contributed by atoms with Gasteiger partial charge in [0.1, 0.15) is 0 Å². The summed E-state index contributed by atoms with van der Waals surface area (Å²) in [6, 6.07) is 5.98. The molecule has 5 heteroatoms. The molecule has 2 nitrogen and oxygen atoms in total. The van der Waals surface area contributed by atoms with Crippen LogP contribution in [0.25, 0.3) is 0 Å². The van der Waals surface area contributed by atoms with Crippen LogP contribution in [0.5, 0.6) is 0 Å². The summed E-state index contributed by atoms with van der Waals surface area (Å²) in [5.74, 6) is 0.